The summed E-state index contributed by atoms with van der Waals surface area (Å²) in [6.45, 7) is 10.1. The number of benzene rings is 1. The second-order valence-corrected chi connectivity index (χ2v) is 11.1. The van der Waals surface area contributed by atoms with Gasteiger partial charge in [0.15, 0.2) is 5.69 Å². The Balaban J connectivity index is 1.73. The zero-order chi connectivity index (χ0) is 27.9. The molecule has 0 aliphatic carbocycles. The van der Waals surface area contributed by atoms with Gasteiger partial charge in [0.1, 0.15) is 16.6 Å². The third-order valence-corrected chi connectivity index (χ3v) is 6.71. The highest BCUT2D eigenvalue weighted by molar-refractivity contribution is 6.29. The van der Waals surface area contributed by atoms with Gasteiger partial charge in [-0.05, 0) is 64.8 Å². The summed E-state index contributed by atoms with van der Waals surface area (Å²) in [5.41, 5.74) is 1.47. The first-order chi connectivity index (χ1) is 17.7. The molecule has 11 heteroatoms. The first-order valence-electron chi connectivity index (χ1n) is 12.4. The van der Waals surface area contributed by atoms with E-state index in [1.54, 1.807) is 28.6 Å². The van der Waals surface area contributed by atoms with Gasteiger partial charge in [0.25, 0.3) is 5.56 Å². The second-order valence-electron chi connectivity index (χ2n) is 10.7. The number of carboxylic acids is 1. The van der Waals surface area contributed by atoms with Crippen LogP contribution >= 0.6 is 11.6 Å². The standard InChI is InChI=1S/C27H32ClN5O5/c1-14-11-17(15(2)29-19-7-8-20(28)30-22(19)25(35)36)21-18(12-14)24(34)32(6)23(31-21)16-9-10-33(13-16)26(37)38-27(3,4)5/h7-8,11-12,15-16,29H,9-10,13H2,1-6H3,(H,35,36). The first kappa shape index (κ1) is 27.4. The molecule has 0 saturated carbocycles. The lowest BCUT2D eigenvalue weighted by Gasteiger charge is -2.24. The van der Waals surface area contributed by atoms with Gasteiger partial charge >= 0.3 is 12.1 Å². The highest BCUT2D eigenvalue weighted by Crippen LogP contribution is 2.31. The Kier molecular flexibility index (Phi) is 7.38. The molecule has 1 amide bonds. The minimum atomic E-state index is -1.21. The van der Waals surface area contributed by atoms with Gasteiger partial charge in [-0.25, -0.2) is 19.6 Å². The molecule has 1 saturated heterocycles. The number of halogens is 1. The summed E-state index contributed by atoms with van der Waals surface area (Å²) in [6, 6.07) is 6.41. The number of carbonyl (C=O) groups is 2. The Labute approximate surface area is 225 Å². The fourth-order valence-corrected chi connectivity index (χ4v) is 4.90. The highest BCUT2D eigenvalue weighted by atomic mass is 35.5. The summed E-state index contributed by atoms with van der Waals surface area (Å²) < 4.78 is 7.07. The summed E-state index contributed by atoms with van der Waals surface area (Å²) >= 11 is 5.90. The number of fused-ring (bicyclic) bond motifs is 1. The molecule has 4 rings (SSSR count). The zero-order valence-electron chi connectivity index (χ0n) is 22.3. The van der Waals surface area contributed by atoms with E-state index in [0.717, 1.165) is 11.1 Å². The maximum atomic E-state index is 13.5. The Morgan fingerprint density at radius 1 is 1.24 bits per heavy atom. The number of nitrogens with zero attached hydrogens (tertiary/aromatic N) is 4. The molecule has 3 aromatic rings. The Bertz CT molecular complexity index is 1480. The van der Waals surface area contributed by atoms with Crippen molar-refractivity contribution in [2.75, 3.05) is 18.4 Å². The molecule has 0 radical (unpaired) electrons. The van der Waals surface area contributed by atoms with Crippen molar-refractivity contribution < 1.29 is 19.4 Å². The van der Waals surface area contributed by atoms with Gasteiger partial charge in [0.2, 0.25) is 0 Å². The van der Waals surface area contributed by atoms with Crippen molar-refractivity contribution in [2.45, 2.75) is 58.6 Å². The van der Waals surface area contributed by atoms with Crippen LogP contribution in [-0.2, 0) is 11.8 Å². The lowest BCUT2D eigenvalue weighted by molar-refractivity contribution is 0.0292. The Morgan fingerprint density at radius 2 is 1.95 bits per heavy atom. The van der Waals surface area contributed by atoms with Crippen LogP contribution in [-0.4, -0.2) is 55.3 Å². The maximum absolute atomic E-state index is 13.5. The predicted molar refractivity (Wildman–Crippen MR) is 145 cm³/mol. The molecular formula is C27H32ClN5O5. The topological polar surface area (TPSA) is 127 Å². The van der Waals surface area contributed by atoms with Crippen LogP contribution in [0.5, 0.6) is 0 Å². The summed E-state index contributed by atoms with van der Waals surface area (Å²) in [6.07, 6.45) is 0.268. The summed E-state index contributed by atoms with van der Waals surface area (Å²) in [4.78, 5) is 48.3. The maximum Gasteiger partial charge on any atom is 0.410 e. The number of rotatable bonds is 5. The summed E-state index contributed by atoms with van der Waals surface area (Å²) in [7, 11) is 1.70. The number of pyridine rings is 1. The van der Waals surface area contributed by atoms with Gasteiger partial charge in [-0.3, -0.25) is 9.36 Å². The van der Waals surface area contributed by atoms with Crippen molar-refractivity contribution in [2.24, 2.45) is 7.05 Å². The SMILES string of the molecule is Cc1cc(C(C)Nc2ccc(Cl)nc2C(=O)O)c2nc(C3CCN(C(=O)OC(C)(C)C)C3)n(C)c(=O)c2c1. The number of aryl methyl sites for hydroxylation is 1. The molecule has 10 nitrogen and oxygen atoms in total. The van der Waals surface area contributed by atoms with E-state index < -0.39 is 17.6 Å². The fourth-order valence-electron chi connectivity index (χ4n) is 4.75. The third kappa shape index (κ3) is 5.60. The van der Waals surface area contributed by atoms with Crippen molar-refractivity contribution in [3.63, 3.8) is 0 Å². The van der Waals surface area contributed by atoms with Gasteiger partial charge in [-0.2, -0.15) is 0 Å². The van der Waals surface area contributed by atoms with Crippen LogP contribution in [0, 0.1) is 6.92 Å². The molecule has 1 aliphatic rings. The van der Waals surface area contributed by atoms with Crippen LogP contribution in [0.25, 0.3) is 10.9 Å². The molecule has 2 atom stereocenters. The quantitative estimate of drug-likeness (QED) is 0.437. The molecule has 0 spiro atoms. The molecule has 2 aromatic heterocycles. The number of likely N-dealkylation sites (tertiary alicyclic amines) is 1. The number of aromatic carboxylic acids is 1. The molecule has 2 unspecified atom stereocenters. The van der Waals surface area contributed by atoms with Crippen LogP contribution in [0.3, 0.4) is 0 Å². The molecule has 0 bridgehead atoms. The van der Waals surface area contributed by atoms with E-state index in [1.807, 2.05) is 40.7 Å². The highest BCUT2D eigenvalue weighted by Gasteiger charge is 2.33. The number of ether oxygens (including phenoxy) is 1. The average Bonchev–Trinajstić information content (AvgIpc) is 3.31. The molecule has 1 fully saturated rings. The molecule has 1 aliphatic heterocycles. The number of hydrogen-bond acceptors (Lipinski definition) is 7. The van der Waals surface area contributed by atoms with Crippen LogP contribution < -0.4 is 10.9 Å². The third-order valence-electron chi connectivity index (χ3n) is 6.50. The van der Waals surface area contributed by atoms with Crippen molar-refractivity contribution in [3.8, 4) is 0 Å². The summed E-state index contributed by atoms with van der Waals surface area (Å²) in [5, 5.41) is 13.3. The largest absolute Gasteiger partial charge is 0.476 e. The van der Waals surface area contributed by atoms with E-state index in [-0.39, 0.29) is 28.4 Å². The second kappa shape index (κ2) is 10.2. The molecule has 3 heterocycles. The fraction of sp³-hybridized carbons (Fsp3) is 0.444. The smallest absolute Gasteiger partial charge is 0.410 e. The monoisotopic (exact) mass is 541 g/mol. The first-order valence-corrected chi connectivity index (χ1v) is 12.8. The van der Waals surface area contributed by atoms with Gasteiger partial charge in [-0.1, -0.05) is 17.7 Å². The average molecular weight is 542 g/mol. The van der Waals surface area contributed by atoms with Gasteiger partial charge in [0.05, 0.1) is 22.6 Å². The van der Waals surface area contributed by atoms with Gasteiger partial charge in [0, 0.05) is 31.6 Å². The van der Waals surface area contributed by atoms with Crippen LogP contribution in [0.15, 0.2) is 29.1 Å². The number of amides is 1. The van der Waals surface area contributed by atoms with Crippen LogP contribution in [0.4, 0.5) is 10.5 Å². The molecule has 202 valence electrons. The number of nitrogens with one attached hydrogen (secondary N) is 1. The number of hydrogen-bond donors (Lipinski definition) is 2. The molecule has 38 heavy (non-hydrogen) atoms. The van der Waals surface area contributed by atoms with Gasteiger partial charge in [-0.15, -0.1) is 0 Å². The molecule has 2 N–H and O–H groups in total. The minimum absolute atomic E-state index is 0.0772. The van der Waals surface area contributed by atoms with Crippen molar-refractivity contribution in [3.05, 3.63) is 62.4 Å². The van der Waals surface area contributed by atoms with E-state index in [1.165, 1.54) is 6.07 Å². The van der Waals surface area contributed by atoms with Crippen LogP contribution in [0.2, 0.25) is 5.15 Å². The lowest BCUT2D eigenvalue weighted by atomic mass is 10.00. The normalized spacial score (nSPS) is 16.5. The molecule has 1 aromatic carbocycles. The van der Waals surface area contributed by atoms with Crippen molar-refractivity contribution in [1.29, 1.82) is 0 Å². The Morgan fingerprint density at radius 3 is 2.61 bits per heavy atom. The van der Waals surface area contributed by atoms with Crippen molar-refractivity contribution in [1.82, 2.24) is 19.4 Å². The summed E-state index contributed by atoms with van der Waals surface area (Å²) in [5.74, 6) is -0.757. The Hall–Kier alpha value is -3.66. The number of aromatic nitrogens is 3. The number of carboxylic acid groups (broad SMARTS) is 1. The number of carbonyl (C=O) groups excluding carboxylic acids is 1. The lowest BCUT2D eigenvalue weighted by Crippen LogP contribution is -2.35. The van der Waals surface area contributed by atoms with E-state index in [4.69, 9.17) is 21.3 Å². The number of anilines is 1. The van der Waals surface area contributed by atoms with E-state index in [2.05, 4.69) is 10.3 Å². The molecular weight excluding hydrogens is 510 g/mol. The van der Waals surface area contributed by atoms with Crippen LogP contribution in [0.1, 0.15) is 73.5 Å². The minimum Gasteiger partial charge on any atom is -0.476 e. The predicted octanol–water partition coefficient (Wildman–Crippen LogP) is 4.89. The zero-order valence-corrected chi connectivity index (χ0v) is 23.1. The van der Waals surface area contributed by atoms with Gasteiger partial charge < -0.3 is 20.1 Å². The van der Waals surface area contributed by atoms with E-state index in [9.17, 15) is 19.5 Å². The van der Waals surface area contributed by atoms with Crippen molar-refractivity contribution >= 4 is 40.3 Å². The van der Waals surface area contributed by atoms with E-state index in [0.29, 0.717) is 41.9 Å². The van der Waals surface area contributed by atoms with E-state index >= 15 is 0 Å².